The van der Waals surface area contributed by atoms with Crippen molar-refractivity contribution in [3.05, 3.63) is 35.9 Å². The third kappa shape index (κ3) is 4.31. The molecule has 1 aliphatic carbocycles. The van der Waals surface area contributed by atoms with Crippen molar-refractivity contribution in [3.63, 3.8) is 0 Å². The summed E-state index contributed by atoms with van der Waals surface area (Å²) < 4.78 is 0. The van der Waals surface area contributed by atoms with Crippen LogP contribution in [0, 0.1) is 11.8 Å². The number of rotatable bonds is 4. The zero-order valence-corrected chi connectivity index (χ0v) is 13.6. The minimum atomic E-state index is 0.705. The summed E-state index contributed by atoms with van der Waals surface area (Å²) in [4.78, 5) is 2.60. The Morgan fingerprint density at radius 2 is 1.71 bits per heavy atom. The van der Waals surface area contributed by atoms with E-state index in [1.165, 1.54) is 44.3 Å². The molecule has 1 aromatic rings. The molecular weight excluding hydrogens is 256 g/mol. The highest BCUT2D eigenvalue weighted by molar-refractivity contribution is 5.14. The number of benzene rings is 1. The summed E-state index contributed by atoms with van der Waals surface area (Å²) >= 11 is 0. The fraction of sp³-hybridized carbons (Fsp3) is 0.684. The van der Waals surface area contributed by atoms with E-state index in [9.17, 15) is 0 Å². The average molecular weight is 286 g/mol. The zero-order chi connectivity index (χ0) is 14.7. The van der Waals surface area contributed by atoms with Crippen molar-refractivity contribution in [2.45, 2.75) is 58.2 Å². The van der Waals surface area contributed by atoms with Gasteiger partial charge in [-0.2, -0.15) is 0 Å². The summed E-state index contributed by atoms with van der Waals surface area (Å²) in [7, 11) is 0. The lowest BCUT2D eigenvalue weighted by molar-refractivity contribution is 0.222. The van der Waals surface area contributed by atoms with E-state index in [1.807, 2.05) is 0 Å². The normalized spacial score (nSPS) is 34.2. The first kappa shape index (κ1) is 15.1. The molecule has 116 valence electrons. The number of hydrogen-bond acceptors (Lipinski definition) is 2. The quantitative estimate of drug-likeness (QED) is 0.908. The molecule has 3 atom stereocenters. The lowest BCUT2D eigenvalue weighted by Crippen LogP contribution is -2.43. The number of likely N-dealkylation sites (tertiary alicyclic amines) is 1. The summed E-state index contributed by atoms with van der Waals surface area (Å²) in [5, 5.41) is 3.95. The molecule has 3 rings (SSSR count). The van der Waals surface area contributed by atoms with Crippen molar-refractivity contribution in [3.8, 4) is 0 Å². The van der Waals surface area contributed by atoms with E-state index >= 15 is 0 Å². The molecule has 0 amide bonds. The Morgan fingerprint density at radius 3 is 2.43 bits per heavy atom. The van der Waals surface area contributed by atoms with Crippen molar-refractivity contribution in [1.29, 1.82) is 0 Å². The molecule has 0 radical (unpaired) electrons. The summed E-state index contributed by atoms with van der Waals surface area (Å²) in [6.07, 6.45) is 5.48. The van der Waals surface area contributed by atoms with Crippen LogP contribution >= 0.6 is 0 Å². The van der Waals surface area contributed by atoms with E-state index in [4.69, 9.17) is 0 Å². The van der Waals surface area contributed by atoms with E-state index in [0.717, 1.165) is 24.4 Å². The summed E-state index contributed by atoms with van der Waals surface area (Å²) in [5.74, 6) is 1.79. The van der Waals surface area contributed by atoms with E-state index in [-0.39, 0.29) is 0 Å². The molecule has 3 unspecified atom stereocenters. The van der Waals surface area contributed by atoms with Gasteiger partial charge < -0.3 is 5.32 Å². The fourth-order valence-electron chi connectivity index (χ4n) is 4.37. The Labute approximate surface area is 129 Å². The zero-order valence-electron chi connectivity index (χ0n) is 13.6. The fourth-order valence-corrected chi connectivity index (χ4v) is 4.37. The summed E-state index contributed by atoms with van der Waals surface area (Å²) in [6.45, 7) is 8.40. The van der Waals surface area contributed by atoms with Crippen LogP contribution in [-0.2, 0) is 6.54 Å². The van der Waals surface area contributed by atoms with E-state index in [2.05, 4.69) is 54.4 Å². The highest BCUT2D eigenvalue weighted by Crippen LogP contribution is 2.29. The van der Waals surface area contributed by atoms with Gasteiger partial charge in [0.15, 0.2) is 0 Å². The molecule has 1 aliphatic heterocycles. The maximum Gasteiger partial charge on any atom is 0.0234 e. The van der Waals surface area contributed by atoms with Crippen LogP contribution < -0.4 is 5.32 Å². The summed E-state index contributed by atoms with van der Waals surface area (Å²) in [5.41, 5.74) is 1.44. The maximum absolute atomic E-state index is 3.95. The van der Waals surface area contributed by atoms with Gasteiger partial charge >= 0.3 is 0 Å². The summed E-state index contributed by atoms with van der Waals surface area (Å²) in [6, 6.07) is 12.3. The highest BCUT2D eigenvalue weighted by atomic mass is 15.2. The Balaban J connectivity index is 1.46. The van der Waals surface area contributed by atoms with Crippen molar-refractivity contribution in [2.24, 2.45) is 11.8 Å². The third-order valence-corrected chi connectivity index (χ3v) is 5.17. The van der Waals surface area contributed by atoms with Crippen LogP contribution in [0.1, 0.15) is 45.1 Å². The molecule has 2 nitrogen and oxygen atoms in total. The Hall–Kier alpha value is -0.860. The maximum atomic E-state index is 3.95. The second kappa shape index (κ2) is 6.93. The first-order valence-corrected chi connectivity index (χ1v) is 8.71. The number of nitrogens with one attached hydrogen (secondary N) is 1. The highest BCUT2D eigenvalue weighted by Gasteiger charge is 2.28. The minimum absolute atomic E-state index is 0.705. The molecule has 0 bridgehead atoms. The average Bonchev–Trinajstić information content (AvgIpc) is 2.86. The van der Waals surface area contributed by atoms with Crippen LogP contribution in [0.4, 0.5) is 0 Å². The van der Waals surface area contributed by atoms with Gasteiger partial charge in [0.05, 0.1) is 0 Å². The Kier molecular flexibility index (Phi) is 4.97. The van der Waals surface area contributed by atoms with Crippen LogP contribution in [0.25, 0.3) is 0 Å². The van der Waals surface area contributed by atoms with Crippen LogP contribution in [-0.4, -0.2) is 30.1 Å². The molecule has 0 spiro atoms. The standard InChI is InChI=1S/C19H30N2/c1-15-10-16(2)12-19(11-15)20-18-8-9-21(14-18)13-17-6-4-3-5-7-17/h3-7,15-16,18-20H,8-14H2,1-2H3. The van der Waals surface area contributed by atoms with Crippen LogP contribution in [0.2, 0.25) is 0 Å². The van der Waals surface area contributed by atoms with Gasteiger partial charge in [0, 0.05) is 31.7 Å². The molecule has 2 aliphatic rings. The van der Waals surface area contributed by atoms with Crippen molar-refractivity contribution in [2.75, 3.05) is 13.1 Å². The van der Waals surface area contributed by atoms with Gasteiger partial charge in [-0.05, 0) is 43.1 Å². The first-order chi connectivity index (χ1) is 10.2. The van der Waals surface area contributed by atoms with Crippen molar-refractivity contribution >= 4 is 0 Å². The largest absolute Gasteiger partial charge is 0.310 e. The molecule has 1 heterocycles. The van der Waals surface area contributed by atoms with Gasteiger partial charge in [0.25, 0.3) is 0 Å². The lowest BCUT2D eigenvalue weighted by atomic mass is 9.80. The van der Waals surface area contributed by atoms with Gasteiger partial charge in [-0.3, -0.25) is 4.90 Å². The predicted octanol–water partition coefficient (Wildman–Crippen LogP) is 3.68. The van der Waals surface area contributed by atoms with Crippen LogP contribution in [0.5, 0.6) is 0 Å². The van der Waals surface area contributed by atoms with E-state index < -0.39 is 0 Å². The van der Waals surface area contributed by atoms with E-state index in [0.29, 0.717) is 6.04 Å². The molecular formula is C19H30N2. The molecule has 1 aromatic carbocycles. The molecule has 1 N–H and O–H groups in total. The monoisotopic (exact) mass is 286 g/mol. The lowest BCUT2D eigenvalue weighted by Gasteiger charge is -2.34. The van der Waals surface area contributed by atoms with Gasteiger partial charge in [0.2, 0.25) is 0 Å². The number of hydrogen-bond donors (Lipinski definition) is 1. The second-order valence-electron chi connectivity index (χ2n) is 7.49. The van der Waals surface area contributed by atoms with Gasteiger partial charge in [-0.25, -0.2) is 0 Å². The smallest absolute Gasteiger partial charge is 0.0234 e. The third-order valence-electron chi connectivity index (χ3n) is 5.17. The first-order valence-electron chi connectivity index (χ1n) is 8.71. The Morgan fingerprint density at radius 1 is 1.00 bits per heavy atom. The predicted molar refractivity (Wildman–Crippen MR) is 89.2 cm³/mol. The van der Waals surface area contributed by atoms with E-state index in [1.54, 1.807) is 0 Å². The Bertz CT molecular complexity index is 420. The molecule has 2 heteroatoms. The molecule has 21 heavy (non-hydrogen) atoms. The van der Waals surface area contributed by atoms with Crippen molar-refractivity contribution in [1.82, 2.24) is 10.2 Å². The minimum Gasteiger partial charge on any atom is -0.310 e. The van der Waals surface area contributed by atoms with Crippen molar-refractivity contribution < 1.29 is 0 Å². The number of nitrogens with zero attached hydrogens (tertiary/aromatic N) is 1. The van der Waals surface area contributed by atoms with Crippen LogP contribution in [0.3, 0.4) is 0 Å². The molecule has 0 aromatic heterocycles. The van der Waals surface area contributed by atoms with Gasteiger partial charge in [-0.1, -0.05) is 44.2 Å². The SMILES string of the molecule is CC1CC(C)CC(NC2CCN(Cc3ccccc3)C2)C1. The molecule has 2 fully saturated rings. The topological polar surface area (TPSA) is 15.3 Å². The van der Waals surface area contributed by atoms with Gasteiger partial charge in [0.1, 0.15) is 0 Å². The molecule has 1 saturated carbocycles. The van der Waals surface area contributed by atoms with Crippen LogP contribution in [0.15, 0.2) is 30.3 Å². The second-order valence-corrected chi connectivity index (χ2v) is 7.49. The van der Waals surface area contributed by atoms with Gasteiger partial charge in [-0.15, -0.1) is 0 Å². The molecule has 1 saturated heterocycles.